The number of ether oxygens (including phenoxy) is 3. The lowest BCUT2D eigenvalue weighted by atomic mass is 10.0. The zero-order chi connectivity index (χ0) is 24.2. The standard InChI is InChI=1S/C27H34N2O5/c1-21(28-34-18-17-29-15-7-4-8-16-29)22-11-13-24(14-12-22)33-19-23-9-5-6-10-25(23)26(20-31-2)27(30)32-3/h5-6,9-14,20H,4,7-8,15-19H2,1-3H3/b26-20+,28-21+. The average molecular weight is 467 g/mol. The number of nitrogens with zero attached hydrogens (tertiary/aromatic N) is 2. The highest BCUT2D eigenvalue weighted by Crippen LogP contribution is 2.23. The Labute approximate surface area is 201 Å². The van der Waals surface area contributed by atoms with E-state index in [1.165, 1.54) is 39.7 Å². The van der Waals surface area contributed by atoms with Crippen LogP contribution in [-0.2, 0) is 25.7 Å². The Morgan fingerprint density at radius 3 is 2.47 bits per heavy atom. The predicted molar refractivity (Wildman–Crippen MR) is 133 cm³/mol. The summed E-state index contributed by atoms with van der Waals surface area (Å²) in [5, 5.41) is 4.26. The van der Waals surface area contributed by atoms with Crippen LogP contribution in [0.4, 0.5) is 0 Å². The SMILES string of the molecule is CO/C=C(/C(=O)OC)c1ccccc1COc1ccc(/C(C)=N/OCCN2CCCCC2)cc1. The van der Waals surface area contributed by atoms with Crippen molar-refractivity contribution in [3.63, 3.8) is 0 Å². The largest absolute Gasteiger partial charge is 0.503 e. The lowest BCUT2D eigenvalue weighted by Gasteiger charge is -2.25. The second-order valence-corrected chi connectivity index (χ2v) is 8.14. The van der Waals surface area contributed by atoms with Crippen molar-refractivity contribution in [1.82, 2.24) is 4.90 Å². The Kier molecular flexibility index (Phi) is 9.98. The summed E-state index contributed by atoms with van der Waals surface area (Å²) in [6.07, 6.45) is 5.27. The quantitative estimate of drug-likeness (QED) is 0.120. The average Bonchev–Trinajstić information content (AvgIpc) is 2.89. The molecule has 1 saturated heterocycles. The summed E-state index contributed by atoms with van der Waals surface area (Å²) in [6.45, 7) is 6.06. The van der Waals surface area contributed by atoms with Gasteiger partial charge in [-0.1, -0.05) is 35.8 Å². The van der Waals surface area contributed by atoms with Crippen LogP contribution in [0.3, 0.4) is 0 Å². The van der Waals surface area contributed by atoms with Crippen LogP contribution in [-0.4, -0.2) is 57.0 Å². The number of oxime groups is 1. The monoisotopic (exact) mass is 466 g/mol. The molecule has 0 unspecified atom stereocenters. The third-order valence-corrected chi connectivity index (χ3v) is 5.76. The highest BCUT2D eigenvalue weighted by Gasteiger charge is 2.17. The van der Waals surface area contributed by atoms with E-state index in [0.29, 0.717) is 30.1 Å². The molecule has 0 N–H and O–H groups in total. The molecule has 1 heterocycles. The smallest absolute Gasteiger partial charge is 0.341 e. The molecule has 1 aliphatic rings. The first-order valence-electron chi connectivity index (χ1n) is 11.6. The number of piperidine rings is 1. The van der Waals surface area contributed by atoms with Crippen molar-refractivity contribution in [2.75, 3.05) is 40.5 Å². The Bertz CT molecular complexity index is 979. The molecular weight excluding hydrogens is 432 g/mol. The fourth-order valence-corrected chi connectivity index (χ4v) is 3.86. The molecule has 0 aliphatic carbocycles. The second-order valence-electron chi connectivity index (χ2n) is 8.14. The summed E-state index contributed by atoms with van der Waals surface area (Å²) in [4.78, 5) is 20.1. The van der Waals surface area contributed by atoms with Gasteiger partial charge >= 0.3 is 5.97 Å². The van der Waals surface area contributed by atoms with Gasteiger partial charge in [0.15, 0.2) is 0 Å². The zero-order valence-corrected chi connectivity index (χ0v) is 20.3. The molecule has 2 aromatic rings. The van der Waals surface area contributed by atoms with Gasteiger partial charge in [0.05, 0.1) is 26.2 Å². The van der Waals surface area contributed by atoms with Crippen LogP contribution >= 0.6 is 0 Å². The van der Waals surface area contributed by atoms with Gasteiger partial charge in [-0.2, -0.15) is 0 Å². The molecule has 0 radical (unpaired) electrons. The summed E-state index contributed by atoms with van der Waals surface area (Å²) >= 11 is 0. The molecule has 0 aromatic heterocycles. The minimum atomic E-state index is -0.466. The van der Waals surface area contributed by atoms with E-state index in [0.717, 1.165) is 36.5 Å². The molecule has 182 valence electrons. The minimum absolute atomic E-state index is 0.292. The van der Waals surface area contributed by atoms with E-state index in [1.807, 2.05) is 55.5 Å². The number of rotatable bonds is 11. The topological polar surface area (TPSA) is 69.6 Å². The summed E-state index contributed by atoms with van der Waals surface area (Å²) < 4.78 is 15.9. The summed E-state index contributed by atoms with van der Waals surface area (Å²) in [7, 11) is 2.84. The van der Waals surface area contributed by atoms with Gasteiger partial charge in [-0.15, -0.1) is 0 Å². The molecule has 7 nitrogen and oxygen atoms in total. The highest BCUT2D eigenvalue weighted by atomic mass is 16.6. The number of esters is 1. The first-order valence-corrected chi connectivity index (χ1v) is 11.6. The number of hydrogen-bond acceptors (Lipinski definition) is 7. The van der Waals surface area contributed by atoms with Crippen LogP contribution in [0.15, 0.2) is 59.9 Å². The maximum absolute atomic E-state index is 12.2. The molecule has 2 aromatic carbocycles. The molecule has 0 bridgehead atoms. The number of methoxy groups -OCH3 is 2. The third kappa shape index (κ3) is 7.35. The normalized spacial score (nSPS) is 15.0. The molecule has 1 aliphatic heterocycles. The van der Waals surface area contributed by atoms with Crippen molar-refractivity contribution in [1.29, 1.82) is 0 Å². The summed E-state index contributed by atoms with van der Waals surface area (Å²) in [6, 6.07) is 15.2. The van der Waals surface area contributed by atoms with Crippen LogP contribution in [0, 0.1) is 0 Å². The Morgan fingerprint density at radius 2 is 1.76 bits per heavy atom. The number of benzene rings is 2. The molecule has 0 spiro atoms. The van der Waals surface area contributed by atoms with Crippen LogP contribution in [0.25, 0.3) is 5.57 Å². The fourth-order valence-electron chi connectivity index (χ4n) is 3.86. The fraction of sp³-hybridized carbons (Fsp3) is 0.407. The van der Waals surface area contributed by atoms with E-state index in [4.69, 9.17) is 19.0 Å². The highest BCUT2D eigenvalue weighted by molar-refractivity contribution is 6.16. The van der Waals surface area contributed by atoms with Gasteiger partial charge in [-0.25, -0.2) is 4.79 Å². The predicted octanol–water partition coefficient (Wildman–Crippen LogP) is 4.65. The number of likely N-dealkylation sites (tertiary alicyclic amines) is 1. The molecule has 7 heteroatoms. The molecule has 3 rings (SSSR count). The molecule has 1 fully saturated rings. The van der Waals surface area contributed by atoms with E-state index < -0.39 is 5.97 Å². The third-order valence-electron chi connectivity index (χ3n) is 5.76. The maximum Gasteiger partial charge on any atom is 0.341 e. The van der Waals surface area contributed by atoms with Crippen LogP contribution in [0.1, 0.15) is 42.9 Å². The Morgan fingerprint density at radius 1 is 1.03 bits per heavy atom. The van der Waals surface area contributed by atoms with Crippen molar-refractivity contribution in [2.24, 2.45) is 5.16 Å². The van der Waals surface area contributed by atoms with E-state index >= 15 is 0 Å². The lowest BCUT2D eigenvalue weighted by molar-refractivity contribution is -0.133. The van der Waals surface area contributed by atoms with Gasteiger partial charge < -0.3 is 19.0 Å². The Hall–Kier alpha value is -3.32. The Balaban J connectivity index is 1.56. The van der Waals surface area contributed by atoms with Crippen LogP contribution in [0.5, 0.6) is 5.75 Å². The molecule has 0 atom stereocenters. The van der Waals surface area contributed by atoms with E-state index in [-0.39, 0.29) is 0 Å². The van der Waals surface area contributed by atoms with Crippen molar-refractivity contribution < 1.29 is 23.8 Å². The molecular formula is C27H34N2O5. The van der Waals surface area contributed by atoms with Crippen LogP contribution in [0.2, 0.25) is 0 Å². The van der Waals surface area contributed by atoms with Gasteiger partial charge in [0.2, 0.25) is 0 Å². The van der Waals surface area contributed by atoms with Gasteiger partial charge in [-0.3, -0.25) is 4.90 Å². The lowest BCUT2D eigenvalue weighted by Crippen LogP contribution is -2.32. The zero-order valence-electron chi connectivity index (χ0n) is 20.3. The van der Waals surface area contributed by atoms with Gasteiger partial charge in [-0.05, 0) is 73.8 Å². The maximum atomic E-state index is 12.2. The first kappa shape index (κ1) is 25.3. The molecule has 0 amide bonds. The first-order chi connectivity index (χ1) is 16.6. The van der Waals surface area contributed by atoms with Gasteiger partial charge in [0.1, 0.15) is 24.5 Å². The second kappa shape index (κ2) is 13.4. The number of hydrogen-bond donors (Lipinski definition) is 0. The van der Waals surface area contributed by atoms with Crippen molar-refractivity contribution in [3.05, 3.63) is 71.5 Å². The van der Waals surface area contributed by atoms with E-state index in [1.54, 1.807) is 0 Å². The van der Waals surface area contributed by atoms with Crippen molar-refractivity contribution in [3.8, 4) is 5.75 Å². The number of carbonyl (C=O) groups is 1. The van der Waals surface area contributed by atoms with E-state index in [2.05, 4.69) is 10.1 Å². The number of carbonyl (C=O) groups excluding carboxylic acids is 1. The van der Waals surface area contributed by atoms with Gasteiger partial charge in [0.25, 0.3) is 0 Å². The van der Waals surface area contributed by atoms with Crippen molar-refractivity contribution in [2.45, 2.75) is 32.8 Å². The molecule has 0 saturated carbocycles. The van der Waals surface area contributed by atoms with Crippen LogP contribution < -0.4 is 4.74 Å². The summed E-state index contributed by atoms with van der Waals surface area (Å²) in [5.74, 6) is 0.249. The summed E-state index contributed by atoms with van der Waals surface area (Å²) in [5.41, 5.74) is 3.69. The van der Waals surface area contributed by atoms with Gasteiger partial charge in [0, 0.05) is 6.54 Å². The minimum Gasteiger partial charge on any atom is -0.503 e. The molecule has 34 heavy (non-hydrogen) atoms. The van der Waals surface area contributed by atoms with Crippen molar-refractivity contribution >= 4 is 17.3 Å². The van der Waals surface area contributed by atoms with E-state index in [9.17, 15) is 4.79 Å².